The lowest BCUT2D eigenvalue weighted by atomic mass is 10.1. The number of amides is 1. The van der Waals surface area contributed by atoms with Crippen molar-refractivity contribution in [2.75, 3.05) is 5.43 Å². The second-order valence-electron chi connectivity index (χ2n) is 4.77. The Bertz CT molecular complexity index is 618. The van der Waals surface area contributed by atoms with Crippen molar-refractivity contribution in [2.45, 2.75) is 19.4 Å². The molecule has 1 unspecified atom stereocenters. The molecular formula is C15H17ClN4O. The number of hydrogen-bond acceptors (Lipinski definition) is 4. The van der Waals surface area contributed by atoms with E-state index in [1.165, 1.54) is 11.6 Å². The summed E-state index contributed by atoms with van der Waals surface area (Å²) in [5.74, 6) is 5.43. The van der Waals surface area contributed by atoms with Gasteiger partial charge in [0.05, 0.1) is 0 Å². The molecule has 2 rings (SSSR count). The minimum Gasteiger partial charge on any atom is -0.349 e. The van der Waals surface area contributed by atoms with Gasteiger partial charge in [0, 0.05) is 11.6 Å². The zero-order valence-electron chi connectivity index (χ0n) is 11.6. The van der Waals surface area contributed by atoms with Gasteiger partial charge in [-0.25, -0.2) is 10.8 Å². The van der Waals surface area contributed by atoms with Crippen molar-refractivity contribution in [1.82, 2.24) is 10.3 Å². The Morgan fingerprint density at radius 2 is 2.05 bits per heavy atom. The number of nitrogens with one attached hydrogen (secondary N) is 2. The third-order valence-corrected chi connectivity index (χ3v) is 3.16. The van der Waals surface area contributed by atoms with Gasteiger partial charge in [0.15, 0.2) is 0 Å². The third-order valence-electron chi connectivity index (χ3n) is 2.97. The second kappa shape index (κ2) is 7.06. The molecule has 1 heterocycles. The molecule has 0 bridgehead atoms. The number of aromatic nitrogens is 1. The first kappa shape index (κ1) is 15.3. The van der Waals surface area contributed by atoms with Gasteiger partial charge in [0.2, 0.25) is 0 Å². The molecule has 1 atom stereocenters. The maximum Gasteiger partial charge on any atom is 0.251 e. The number of hydrazine groups is 1. The van der Waals surface area contributed by atoms with Crippen LogP contribution in [0.3, 0.4) is 0 Å². The van der Waals surface area contributed by atoms with Crippen LogP contribution in [-0.4, -0.2) is 16.9 Å². The number of nitrogens with two attached hydrogens (primary N) is 1. The van der Waals surface area contributed by atoms with Gasteiger partial charge < -0.3 is 10.7 Å². The molecule has 0 aliphatic heterocycles. The highest BCUT2D eigenvalue weighted by atomic mass is 35.5. The maximum absolute atomic E-state index is 12.2. The highest BCUT2D eigenvalue weighted by Crippen LogP contribution is 2.14. The Kier molecular flexibility index (Phi) is 5.14. The lowest BCUT2D eigenvalue weighted by Gasteiger charge is -2.14. The average Bonchev–Trinajstić information content (AvgIpc) is 2.47. The molecule has 1 amide bonds. The molecule has 0 aliphatic carbocycles. The second-order valence-corrected chi connectivity index (χ2v) is 5.16. The van der Waals surface area contributed by atoms with E-state index in [0.29, 0.717) is 11.4 Å². The molecule has 5 nitrogen and oxygen atoms in total. The summed E-state index contributed by atoms with van der Waals surface area (Å²) >= 11 is 5.85. The van der Waals surface area contributed by atoms with E-state index in [4.69, 9.17) is 17.4 Å². The van der Waals surface area contributed by atoms with Crippen LogP contribution in [0.25, 0.3) is 0 Å². The maximum atomic E-state index is 12.2. The predicted molar refractivity (Wildman–Crippen MR) is 84.1 cm³/mol. The van der Waals surface area contributed by atoms with Crippen molar-refractivity contribution in [3.05, 3.63) is 58.7 Å². The smallest absolute Gasteiger partial charge is 0.251 e. The molecule has 110 valence electrons. The fraction of sp³-hybridized carbons (Fsp3) is 0.200. The van der Waals surface area contributed by atoms with Crippen molar-refractivity contribution in [2.24, 2.45) is 5.84 Å². The van der Waals surface area contributed by atoms with Crippen LogP contribution in [0.5, 0.6) is 0 Å². The van der Waals surface area contributed by atoms with Crippen LogP contribution in [-0.2, 0) is 6.42 Å². The number of carbonyl (C=O) groups is 1. The number of anilines is 1. The lowest BCUT2D eigenvalue weighted by Crippen LogP contribution is -2.34. The highest BCUT2D eigenvalue weighted by molar-refractivity contribution is 6.29. The quantitative estimate of drug-likeness (QED) is 0.450. The third kappa shape index (κ3) is 4.44. The molecule has 4 N–H and O–H groups in total. The minimum absolute atomic E-state index is 0.00104. The van der Waals surface area contributed by atoms with E-state index in [9.17, 15) is 4.79 Å². The van der Waals surface area contributed by atoms with E-state index in [1.54, 1.807) is 6.07 Å². The van der Waals surface area contributed by atoms with Gasteiger partial charge in [-0.05, 0) is 31.0 Å². The largest absolute Gasteiger partial charge is 0.349 e. The standard InChI is InChI=1S/C15H17ClN4O/c1-10(7-11-5-3-2-4-6-11)18-15(21)12-8-13(16)19-14(9-12)20-17/h2-6,8-10H,7,17H2,1H3,(H,18,21)(H,19,20). The number of halogens is 1. The summed E-state index contributed by atoms with van der Waals surface area (Å²) in [6, 6.07) is 13.0. The molecule has 0 saturated carbocycles. The van der Waals surface area contributed by atoms with Crippen molar-refractivity contribution in [1.29, 1.82) is 0 Å². The Morgan fingerprint density at radius 3 is 2.71 bits per heavy atom. The van der Waals surface area contributed by atoms with Crippen molar-refractivity contribution < 1.29 is 4.79 Å². The van der Waals surface area contributed by atoms with Gasteiger partial charge in [0.25, 0.3) is 5.91 Å². The van der Waals surface area contributed by atoms with E-state index in [0.717, 1.165) is 6.42 Å². The van der Waals surface area contributed by atoms with Gasteiger partial charge in [0.1, 0.15) is 11.0 Å². The summed E-state index contributed by atoms with van der Waals surface area (Å²) < 4.78 is 0. The first-order valence-corrected chi connectivity index (χ1v) is 6.95. The Labute approximate surface area is 128 Å². The van der Waals surface area contributed by atoms with E-state index < -0.39 is 0 Å². The van der Waals surface area contributed by atoms with E-state index in [2.05, 4.69) is 15.7 Å². The van der Waals surface area contributed by atoms with Crippen LogP contribution in [0.4, 0.5) is 5.82 Å². The normalized spacial score (nSPS) is 11.8. The summed E-state index contributed by atoms with van der Waals surface area (Å²) in [7, 11) is 0. The highest BCUT2D eigenvalue weighted by Gasteiger charge is 2.12. The molecule has 0 saturated heterocycles. The predicted octanol–water partition coefficient (Wildman–Crippen LogP) is 2.38. The molecule has 21 heavy (non-hydrogen) atoms. The number of carbonyl (C=O) groups excluding carboxylic acids is 1. The summed E-state index contributed by atoms with van der Waals surface area (Å²) in [6.45, 7) is 1.95. The Balaban J connectivity index is 2.02. The Hall–Kier alpha value is -2.11. The molecule has 2 aromatic rings. The van der Waals surface area contributed by atoms with E-state index >= 15 is 0 Å². The zero-order chi connectivity index (χ0) is 15.2. The number of benzene rings is 1. The van der Waals surface area contributed by atoms with E-state index in [-0.39, 0.29) is 17.1 Å². The SMILES string of the molecule is CC(Cc1ccccc1)NC(=O)c1cc(Cl)nc(NN)c1. The van der Waals surface area contributed by atoms with Crippen LogP contribution >= 0.6 is 11.6 Å². The number of hydrogen-bond donors (Lipinski definition) is 3. The van der Waals surface area contributed by atoms with Gasteiger partial charge in [-0.3, -0.25) is 4.79 Å². The molecule has 1 aromatic carbocycles. The van der Waals surface area contributed by atoms with Crippen LogP contribution < -0.4 is 16.6 Å². The topological polar surface area (TPSA) is 80.0 Å². The molecular weight excluding hydrogens is 288 g/mol. The van der Waals surface area contributed by atoms with Gasteiger partial charge in [-0.2, -0.15) is 0 Å². The minimum atomic E-state index is -0.209. The van der Waals surface area contributed by atoms with Crippen molar-refractivity contribution >= 4 is 23.3 Å². The van der Waals surface area contributed by atoms with Crippen LogP contribution in [0.1, 0.15) is 22.8 Å². The number of nitrogens with zero attached hydrogens (tertiary/aromatic N) is 1. The fourth-order valence-electron chi connectivity index (χ4n) is 2.03. The molecule has 0 radical (unpaired) electrons. The monoisotopic (exact) mass is 304 g/mol. The lowest BCUT2D eigenvalue weighted by molar-refractivity contribution is 0.0940. The Morgan fingerprint density at radius 1 is 1.33 bits per heavy atom. The number of pyridine rings is 1. The first-order chi connectivity index (χ1) is 10.1. The zero-order valence-corrected chi connectivity index (χ0v) is 12.4. The summed E-state index contributed by atoms with van der Waals surface area (Å²) in [5, 5.41) is 3.14. The van der Waals surface area contributed by atoms with Gasteiger partial charge in [-0.1, -0.05) is 41.9 Å². The first-order valence-electron chi connectivity index (χ1n) is 6.57. The van der Waals surface area contributed by atoms with E-state index in [1.807, 2.05) is 37.3 Å². The fourth-order valence-corrected chi connectivity index (χ4v) is 2.24. The van der Waals surface area contributed by atoms with Crippen molar-refractivity contribution in [3.63, 3.8) is 0 Å². The van der Waals surface area contributed by atoms with Crippen LogP contribution in [0.2, 0.25) is 5.15 Å². The van der Waals surface area contributed by atoms with Gasteiger partial charge >= 0.3 is 0 Å². The summed E-state index contributed by atoms with van der Waals surface area (Å²) in [5.41, 5.74) is 3.97. The van der Waals surface area contributed by atoms with Crippen LogP contribution in [0, 0.1) is 0 Å². The average molecular weight is 305 g/mol. The molecule has 1 aromatic heterocycles. The molecule has 0 spiro atoms. The van der Waals surface area contributed by atoms with Crippen molar-refractivity contribution in [3.8, 4) is 0 Å². The molecule has 6 heteroatoms. The molecule has 0 aliphatic rings. The summed E-state index contributed by atoms with van der Waals surface area (Å²) in [6.07, 6.45) is 0.757. The number of rotatable bonds is 5. The molecule has 0 fully saturated rings. The van der Waals surface area contributed by atoms with Gasteiger partial charge in [-0.15, -0.1) is 0 Å². The number of nitrogen functional groups attached to an aromatic ring is 1. The summed E-state index contributed by atoms with van der Waals surface area (Å²) in [4.78, 5) is 16.1. The van der Waals surface area contributed by atoms with Crippen LogP contribution in [0.15, 0.2) is 42.5 Å².